The molecule has 0 heterocycles. The van der Waals surface area contributed by atoms with Gasteiger partial charge in [0.05, 0.1) is 6.10 Å². The van der Waals surface area contributed by atoms with Gasteiger partial charge in [0.25, 0.3) is 0 Å². The monoisotopic (exact) mass is 210 g/mol. The zero-order chi connectivity index (χ0) is 10.4. The Morgan fingerprint density at radius 3 is 2.86 bits per heavy atom. The molecule has 1 nitrogen and oxygen atoms in total. The first-order valence-corrected chi connectivity index (χ1v) is 6.37. The molecule has 14 heavy (non-hydrogen) atoms. The van der Waals surface area contributed by atoms with Crippen LogP contribution in [-0.4, -0.2) is 17.1 Å². The number of hydrogen-bond acceptors (Lipinski definition) is 2. The smallest absolute Gasteiger partial charge is 0.0790 e. The number of benzene rings is 1. The molecule has 78 valence electrons. The van der Waals surface area contributed by atoms with Gasteiger partial charge in [-0.1, -0.05) is 29.8 Å². The minimum absolute atomic E-state index is 0.290. The summed E-state index contributed by atoms with van der Waals surface area (Å²) >= 11 is 1.83. The maximum absolute atomic E-state index is 9.86. The molecule has 1 rings (SSSR count). The quantitative estimate of drug-likeness (QED) is 0.753. The number of thioether (sulfide) groups is 1. The van der Waals surface area contributed by atoms with Gasteiger partial charge in [-0.3, -0.25) is 0 Å². The van der Waals surface area contributed by atoms with Crippen LogP contribution in [0.15, 0.2) is 24.3 Å². The van der Waals surface area contributed by atoms with Crippen molar-refractivity contribution in [1.82, 2.24) is 0 Å². The molecule has 0 bridgehead atoms. The summed E-state index contributed by atoms with van der Waals surface area (Å²) in [7, 11) is 0. The fourth-order valence-electron chi connectivity index (χ4n) is 1.47. The van der Waals surface area contributed by atoms with E-state index >= 15 is 0 Å². The zero-order valence-electron chi connectivity index (χ0n) is 8.86. The number of rotatable bonds is 5. The Hall–Kier alpha value is -0.470. The zero-order valence-corrected chi connectivity index (χ0v) is 9.68. The van der Waals surface area contributed by atoms with Crippen LogP contribution in [0.3, 0.4) is 0 Å². The van der Waals surface area contributed by atoms with Gasteiger partial charge in [-0.2, -0.15) is 11.8 Å². The van der Waals surface area contributed by atoms with E-state index in [4.69, 9.17) is 0 Å². The summed E-state index contributed by atoms with van der Waals surface area (Å²) in [5.74, 6) is 1.13. The summed E-state index contributed by atoms with van der Waals surface area (Å²) in [6.07, 6.45) is 3.75. The molecule has 0 aliphatic carbocycles. The van der Waals surface area contributed by atoms with E-state index in [0.29, 0.717) is 0 Å². The highest BCUT2D eigenvalue weighted by Gasteiger charge is 2.06. The van der Waals surface area contributed by atoms with Crippen LogP contribution in [0.5, 0.6) is 0 Å². The first-order chi connectivity index (χ1) is 6.74. The third-order valence-corrected chi connectivity index (χ3v) is 2.95. The third kappa shape index (κ3) is 3.72. The molecule has 1 atom stereocenters. The summed E-state index contributed by atoms with van der Waals surface area (Å²) in [5.41, 5.74) is 2.26. The highest BCUT2D eigenvalue weighted by molar-refractivity contribution is 7.98. The Bertz CT molecular complexity index is 273. The SMILES string of the molecule is CSCCCC(O)c1cccc(C)c1. The molecule has 0 fully saturated rings. The maximum atomic E-state index is 9.86. The number of hydrogen-bond donors (Lipinski definition) is 1. The van der Waals surface area contributed by atoms with Crippen molar-refractivity contribution in [2.45, 2.75) is 25.9 Å². The van der Waals surface area contributed by atoms with E-state index < -0.39 is 0 Å². The first-order valence-electron chi connectivity index (χ1n) is 4.97. The van der Waals surface area contributed by atoms with E-state index in [1.165, 1.54) is 5.56 Å². The highest BCUT2D eigenvalue weighted by atomic mass is 32.2. The molecule has 1 unspecified atom stereocenters. The van der Waals surface area contributed by atoms with Gasteiger partial charge in [-0.15, -0.1) is 0 Å². The van der Waals surface area contributed by atoms with Crippen LogP contribution in [0.2, 0.25) is 0 Å². The predicted octanol–water partition coefficient (Wildman–Crippen LogP) is 3.17. The molecule has 0 amide bonds. The van der Waals surface area contributed by atoms with Gasteiger partial charge in [0.15, 0.2) is 0 Å². The maximum Gasteiger partial charge on any atom is 0.0790 e. The van der Waals surface area contributed by atoms with E-state index in [2.05, 4.69) is 25.3 Å². The van der Waals surface area contributed by atoms with E-state index in [0.717, 1.165) is 24.2 Å². The van der Waals surface area contributed by atoms with E-state index in [9.17, 15) is 5.11 Å². The van der Waals surface area contributed by atoms with Crippen LogP contribution in [0, 0.1) is 6.92 Å². The van der Waals surface area contributed by atoms with Gasteiger partial charge in [-0.25, -0.2) is 0 Å². The summed E-state index contributed by atoms with van der Waals surface area (Å²) in [4.78, 5) is 0. The largest absolute Gasteiger partial charge is 0.388 e. The summed E-state index contributed by atoms with van der Waals surface area (Å²) in [6.45, 7) is 2.05. The second kappa shape index (κ2) is 6.10. The molecule has 0 radical (unpaired) electrons. The Labute approximate surface area is 90.5 Å². The molecule has 2 heteroatoms. The number of aliphatic hydroxyl groups is 1. The lowest BCUT2D eigenvalue weighted by Crippen LogP contribution is -1.98. The van der Waals surface area contributed by atoms with Gasteiger partial charge >= 0.3 is 0 Å². The molecule has 1 aromatic carbocycles. The minimum Gasteiger partial charge on any atom is -0.388 e. The molecule has 1 aromatic rings. The van der Waals surface area contributed by atoms with E-state index in [1.54, 1.807) is 0 Å². The Morgan fingerprint density at radius 1 is 1.43 bits per heavy atom. The lowest BCUT2D eigenvalue weighted by atomic mass is 10.0. The normalized spacial score (nSPS) is 12.8. The molecular formula is C12H18OS. The number of aryl methyl sites for hydroxylation is 1. The first kappa shape index (κ1) is 11.6. The lowest BCUT2D eigenvalue weighted by molar-refractivity contribution is 0.167. The van der Waals surface area contributed by atoms with Gasteiger partial charge in [-0.05, 0) is 37.3 Å². The minimum atomic E-state index is -0.290. The Kier molecular flexibility index (Phi) is 5.05. The van der Waals surface area contributed by atoms with Crippen molar-refractivity contribution in [2.75, 3.05) is 12.0 Å². The van der Waals surface area contributed by atoms with Gasteiger partial charge in [0.1, 0.15) is 0 Å². The van der Waals surface area contributed by atoms with Crippen LogP contribution in [0.25, 0.3) is 0 Å². The lowest BCUT2D eigenvalue weighted by Gasteiger charge is -2.10. The summed E-state index contributed by atoms with van der Waals surface area (Å²) in [6, 6.07) is 8.11. The molecule has 0 spiro atoms. The predicted molar refractivity (Wildman–Crippen MR) is 63.8 cm³/mol. The molecule has 0 saturated carbocycles. The number of aliphatic hydroxyl groups excluding tert-OH is 1. The second-order valence-corrected chi connectivity index (χ2v) is 4.55. The second-order valence-electron chi connectivity index (χ2n) is 3.56. The van der Waals surface area contributed by atoms with Crippen LogP contribution in [-0.2, 0) is 0 Å². The van der Waals surface area contributed by atoms with Gasteiger partial charge in [0, 0.05) is 0 Å². The Balaban J connectivity index is 2.47. The van der Waals surface area contributed by atoms with Gasteiger partial charge < -0.3 is 5.11 Å². The van der Waals surface area contributed by atoms with Crippen LogP contribution in [0.4, 0.5) is 0 Å². The molecule has 0 aliphatic rings. The van der Waals surface area contributed by atoms with Crippen LogP contribution < -0.4 is 0 Å². The van der Waals surface area contributed by atoms with Gasteiger partial charge in [0.2, 0.25) is 0 Å². The molecule has 1 N–H and O–H groups in total. The van der Waals surface area contributed by atoms with Crippen molar-refractivity contribution in [3.8, 4) is 0 Å². The fraction of sp³-hybridized carbons (Fsp3) is 0.500. The van der Waals surface area contributed by atoms with Crippen molar-refractivity contribution >= 4 is 11.8 Å². The topological polar surface area (TPSA) is 20.2 Å². The molecule has 0 saturated heterocycles. The average Bonchev–Trinajstić information content (AvgIpc) is 2.18. The van der Waals surface area contributed by atoms with Crippen LogP contribution >= 0.6 is 11.8 Å². The summed E-state index contributed by atoms with van der Waals surface area (Å²) in [5, 5.41) is 9.86. The van der Waals surface area contributed by atoms with Crippen molar-refractivity contribution in [3.63, 3.8) is 0 Å². The van der Waals surface area contributed by atoms with E-state index in [1.807, 2.05) is 23.9 Å². The van der Waals surface area contributed by atoms with Crippen molar-refractivity contribution < 1.29 is 5.11 Å². The standard InChI is InChI=1S/C12H18OS/c1-10-5-3-6-11(9-10)12(13)7-4-8-14-2/h3,5-6,9,12-13H,4,7-8H2,1-2H3. The third-order valence-electron chi connectivity index (χ3n) is 2.25. The average molecular weight is 210 g/mol. The van der Waals surface area contributed by atoms with Crippen molar-refractivity contribution in [3.05, 3.63) is 35.4 Å². The fourth-order valence-corrected chi connectivity index (χ4v) is 1.92. The van der Waals surface area contributed by atoms with E-state index in [-0.39, 0.29) is 6.10 Å². The van der Waals surface area contributed by atoms with Crippen LogP contribution in [0.1, 0.15) is 30.1 Å². The molecule has 0 aromatic heterocycles. The highest BCUT2D eigenvalue weighted by Crippen LogP contribution is 2.19. The van der Waals surface area contributed by atoms with Crippen molar-refractivity contribution in [1.29, 1.82) is 0 Å². The Morgan fingerprint density at radius 2 is 2.21 bits per heavy atom. The molecule has 0 aliphatic heterocycles. The molecular weight excluding hydrogens is 192 g/mol. The summed E-state index contributed by atoms with van der Waals surface area (Å²) < 4.78 is 0. The van der Waals surface area contributed by atoms with Crippen molar-refractivity contribution in [2.24, 2.45) is 0 Å².